The molecule has 1 fully saturated rings. The first-order valence-corrected chi connectivity index (χ1v) is 8.02. The van der Waals surface area contributed by atoms with Crippen molar-refractivity contribution in [2.45, 2.75) is 38.3 Å². The van der Waals surface area contributed by atoms with Gasteiger partial charge in [-0.05, 0) is 43.4 Å². The molecule has 0 aliphatic carbocycles. The summed E-state index contributed by atoms with van der Waals surface area (Å²) in [5.41, 5.74) is 3.07. The van der Waals surface area contributed by atoms with Crippen molar-refractivity contribution in [2.24, 2.45) is 0 Å². The van der Waals surface area contributed by atoms with Crippen LogP contribution < -0.4 is 5.32 Å². The standard InChI is InChI=1S/C17H26N2O/c1-2-5-16-14-19(10-3-6-15(16)4-1)11-9-18-17-7-12-20-13-8-17/h1-2,4-5,17-18H,3,6-14H2. The van der Waals surface area contributed by atoms with Crippen molar-refractivity contribution < 1.29 is 4.74 Å². The fraction of sp³-hybridized carbons (Fsp3) is 0.647. The van der Waals surface area contributed by atoms with E-state index in [-0.39, 0.29) is 0 Å². The molecule has 0 amide bonds. The summed E-state index contributed by atoms with van der Waals surface area (Å²) in [6.07, 6.45) is 4.86. The molecule has 2 aliphatic rings. The highest BCUT2D eigenvalue weighted by atomic mass is 16.5. The van der Waals surface area contributed by atoms with Crippen LogP contribution in [0.15, 0.2) is 24.3 Å². The van der Waals surface area contributed by atoms with E-state index in [0.29, 0.717) is 6.04 Å². The van der Waals surface area contributed by atoms with Crippen molar-refractivity contribution in [3.63, 3.8) is 0 Å². The Morgan fingerprint density at radius 2 is 1.95 bits per heavy atom. The lowest BCUT2D eigenvalue weighted by Gasteiger charge is -2.26. The Morgan fingerprint density at radius 1 is 1.15 bits per heavy atom. The minimum Gasteiger partial charge on any atom is -0.381 e. The normalized spacial score (nSPS) is 21.4. The van der Waals surface area contributed by atoms with Gasteiger partial charge in [0.25, 0.3) is 0 Å². The van der Waals surface area contributed by atoms with Gasteiger partial charge in [-0.25, -0.2) is 0 Å². The number of nitrogens with one attached hydrogen (secondary N) is 1. The number of ether oxygens (including phenoxy) is 1. The first-order valence-electron chi connectivity index (χ1n) is 8.02. The van der Waals surface area contributed by atoms with E-state index >= 15 is 0 Å². The van der Waals surface area contributed by atoms with Crippen molar-refractivity contribution in [1.82, 2.24) is 10.2 Å². The summed E-state index contributed by atoms with van der Waals surface area (Å²) in [5.74, 6) is 0. The Balaban J connectivity index is 1.46. The monoisotopic (exact) mass is 274 g/mol. The summed E-state index contributed by atoms with van der Waals surface area (Å²) < 4.78 is 5.40. The highest BCUT2D eigenvalue weighted by Gasteiger charge is 2.15. The summed E-state index contributed by atoms with van der Waals surface area (Å²) in [6, 6.07) is 9.59. The van der Waals surface area contributed by atoms with Crippen LogP contribution >= 0.6 is 0 Å². The molecule has 0 unspecified atom stereocenters. The molecule has 1 N–H and O–H groups in total. The van der Waals surface area contributed by atoms with Crippen LogP contribution in [-0.2, 0) is 17.7 Å². The Bertz CT molecular complexity index is 415. The van der Waals surface area contributed by atoms with Crippen LogP contribution in [-0.4, -0.2) is 43.8 Å². The van der Waals surface area contributed by atoms with Gasteiger partial charge in [0.15, 0.2) is 0 Å². The van der Waals surface area contributed by atoms with Crippen LogP contribution in [0.2, 0.25) is 0 Å². The van der Waals surface area contributed by atoms with E-state index in [0.717, 1.165) is 32.8 Å². The predicted octanol–water partition coefficient (Wildman–Crippen LogP) is 2.20. The van der Waals surface area contributed by atoms with Gasteiger partial charge in [0.2, 0.25) is 0 Å². The van der Waals surface area contributed by atoms with Gasteiger partial charge in [-0.15, -0.1) is 0 Å². The molecule has 0 saturated carbocycles. The van der Waals surface area contributed by atoms with E-state index in [1.54, 1.807) is 5.56 Å². The number of rotatable bonds is 4. The molecule has 1 saturated heterocycles. The molecule has 2 aliphatic heterocycles. The van der Waals surface area contributed by atoms with Gasteiger partial charge in [0.1, 0.15) is 0 Å². The third-order valence-electron chi connectivity index (χ3n) is 4.52. The van der Waals surface area contributed by atoms with Gasteiger partial charge in [0, 0.05) is 38.9 Å². The second-order valence-electron chi connectivity index (χ2n) is 5.99. The van der Waals surface area contributed by atoms with E-state index in [2.05, 4.69) is 34.5 Å². The number of hydrogen-bond acceptors (Lipinski definition) is 3. The quantitative estimate of drug-likeness (QED) is 0.911. The van der Waals surface area contributed by atoms with Gasteiger partial charge in [0.05, 0.1) is 0 Å². The van der Waals surface area contributed by atoms with Crippen molar-refractivity contribution >= 4 is 0 Å². The summed E-state index contributed by atoms with van der Waals surface area (Å²) in [5, 5.41) is 3.69. The lowest BCUT2D eigenvalue weighted by molar-refractivity contribution is 0.0771. The summed E-state index contributed by atoms with van der Waals surface area (Å²) in [7, 11) is 0. The molecular formula is C17H26N2O. The Labute approximate surface area is 122 Å². The van der Waals surface area contributed by atoms with E-state index < -0.39 is 0 Å². The Morgan fingerprint density at radius 3 is 2.80 bits per heavy atom. The molecule has 0 spiro atoms. The van der Waals surface area contributed by atoms with Crippen LogP contribution in [0, 0.1) is 0 Å². The zero-order valence-electron chi connectivity index (χ0n) is 12.3. The summed E-state index contributed by atoms with van der Waals surface area (Å²) in [4.78, 5) is 2.60. The largest absolute Gasteiger partial charge is 0.381 e. The van der Waals surface area contributed by atoms with E-state index in [1.807, 2.05) is 0 Å². The molecule has 3 heteroatoms. The minimum atomic E-state index is 0.669. The summed E-state index contributed by atoms with van der Waals surface area (Å²) in [6.45, 7) is 6.46. The molecule has 1 aromatic carbocycles. The number of nitrogens with zero attached hydrogens (tertiary/aromatic N) is 1. The minimum absolute atomic E-state index is 0.669. The number of fused-ring (bicyclic) bond motifs is 1. The Kier molecular flexibility index (Phi) is 5.06. The van der Waals surface area contributed by atoms with Gasteiger partial charge in [-0.3, -0.25) is 4.90 Å². The number of hydrogen-bond donors (Lipinski definition) is 1. The molecule has 3 rings (SSSR count). The second kappa shape index (κ2) is 7.21. The molecule has 0 radical (unpaired) electrons. The molecule has 1 aromatic rings. The fourth-order valence-electron chi connectivity index (χ4n) is 3.29. The lowest BCUT2D eigenvalue weighted by atomic mass is 10.0. The van der Waals surface area contributed by atoms with Crippen LogP contribution in [0.25, 0.3) is 0 Å². The van der Waals surface area contributed by atoms with Gasteiger partial charge in [-0.1, -0.05) is 24.3 Å². The van der Waals surface area contributed by atoms with Gasteiger partial charge >= 0.3 is 0 Å². The number of benzene rings is 1. The van der Waals surface area contributed by atoms with Crippen LogP contribution in [0.3, 0.4) is 0 Å². The maximum Gasteiger partial charge on any atom is 0.0480 e. The van der Waals surface area contributed by atoms with E-state index in [4.69, 9.17) is 4.74 Å². The average Bonchev–Trinajstić information content (AvgIpc) is 2.70. The predicted molar refractivity (Wildman–Crippen MR) is 81.9 cm³/mol. The highest BCUT2D eigenvalue weighted by molar-refractivity contribution is 5.27. The summed E-state index contributed by atoms with van der Waals surface area (Å²) >= 11 is 0. The maximum absolute atomic E-state index is 5.40. The van der Waals surface area contributed by atoms with Crippen LogP contribution in [0.4, 0.5) is 0 Å². The van der Waals surface area contributed by atoms with Crippen LogP contribution in [0.5, 0.6) is 0 Å². The van der Waals surface area contributed by atoms with E-state index in [1.165, 1.54) is 37.8 Å². The molecule has 20 heavy (non-hydrogen) atoms. The van der Waals surface area contributed by atoms with E-state index in [9.17, 15) is 0 Å². The highest BCUT2D eigenvalue weighted by Crippen LogP contribution is 2.18. The molecule has 110 valence electrons. The lowest BCUT2D eigenvalue weighted by Crippen LogP contribution is -2.39. The molecule has 3 nitrogen and oxygen atoms in total. The average molecular weight is 274 g/mol. The van der Waals surface area contributed by atoms with Crippen molar-refractivity contribution in [3.05, 3.63) is 35.4 Å². The smallest absolute Gasteiger partial charge is 0.0480 e. The first-order chi connectivity index (χ1) is 9.92. The Hall–Kier alpha value is -0.900. The molecule has 0 atom stereocenters. The van der Waals surface area contributed by atoms with Gasteiger partial charge in [-0.2, -0.15) is 0 Å². The molecule has 0 aromatic heterocycles. The zero-order chi connectivity index (χ0) is 13.6. The van der Waals surface area contributed by atoms with Crippen molar-refractivity contribution in [2.75, 3.05) is 32.8 Å². The van der Waals surface area contributed by atoms with Gasteiger partial charge < -0.3 is 10.1 Å². The topological polar surface area (TPSA) is 24.5 Å². The SMILES string of the molecule is c1ccc2c(c1)CCCN(CCNC1CCOCC1)C2. The molecule has 2 heterocycles. The van der Waals surface area contributed by atoms with Crippen molar-refractivity contribution in [1.29, 1.82) is 0 Å². The maximum atomic E-state index is 5.40. The second-order valence-corrected chi connectivity index (χ2v) is 5.99. The van der Waals surface area contributed by atoms with Crippen molar-refractivity contribution in [3.8, 4) is 0 Å². The molecular weight excluding hydrogens is 248 g/mol. The third-order valence-corrected chi connectivity index (χ3v) is 4.52. The third kappa shape index (κ3) is 3.81. The van der Waals surface area contributed by atoms with Crippen LogP contribution in [0.1, 0.15) is 30.4 Å². The fourth-order valence-corrected chi connectivity index (χ4v) is 3.29. The number of aryl methyl sites for hydroxylation is 1. The first kappa shape index (κ1) is 14.1. The zero-order valence-corrected chi connectivity index (χ0v) is 12.3. The molecule has 0 bridgehead atoms.